The van der Waals surface area contributed by atoms with Gasteiger partial charge in [0.05, 0.1) is 26.2 Å². The van der Waals surface area contributed by atoms with Gasteiger partial charge < -0.3 is 29.0 Å². The van der Waals surface area contributed by atoms with Crippen molar-refractivity contribution >= 4 is 28.9 Å². The summed E-state index contributed by atoms with van der Waals surface area (Å²) in [6.45, 7) is 8.11. The van der Waals surface area contributed by atoms with Crippen LogP contribution in [0.4, 0.5) is 0 Å². The van der Waals surface area contributed by atoms with E-state index in [0.717, 1.165) is 21.6 Å². The Bertz CT molecular complexity index is 1740. The lowest BCUT2D eigenvalue weighted by Crippen LogP contribution is -2.54. The zero-order valence-electron chi connectivity index (χ0n) is 26.7. The van der Waals surface area contributed by atoms with Crippen LogP contribution >= 0.6 is 11.3 Å². The lowest BCUT2D eigenvalue weighted by molar-refractivity contribution is -0.136. The average molecular weight is 642 g/mol. The van der Waals surface area contributed by atoms with Gasteiger partial charge in [0.1, 0.15) is 11.8 Å². The molecule has 4 heterocycles. The van der Waals surface area contributed by atoms with Crippen LogP contribution in [0.25, 0.3) is 0 Å². The number of nitrogens with zero attached hydrogens (tertiary/aromatic N) is 2. The number of furan rings is 1. The van der Waals surface area contributed by atoms with Crippen molar-refractivity contribution in [1.82, 2.24) is 15.1 Å². The van der Waals surface area contributed by atoms with Crippen LogP contribution < -0.4 is 14.8 Å². The van der Waals surface area contributed by atoms with E-state index in [2.05, 4.69) is 5.32 Å². The minimum absolute atomic E-state index is 0.170. The number of piperazine rings is 1. The minimum Gasteiger partial charge on any atom is -0.493 e. The van der Waals surface area contributed by atoms with Gasteiger partial charge in [-0.05, 0) is 73.7 Å². The number of ether oxygens (including phenoxy) is 2. The number of carbonyl (C=O) groups excluding carboxylic acids is 3. The number of aryl methyl sites for hydroxylation is 3. The van der Waals surface area contributed by atoms with Crippen molar-refractivity contribution in [3.63, 3.8) is 0 Å². The Balaban J connectivity index is 1.61. The Kier molecular flexibility index (Phi) is 9.02. The molecular weight excluding hydrogens is 602 g/mol. The molecule has 2 aliphatic rings. The molecule has 6 rings (SSSR count). The van der Waals surface area contributed by atoms with E-state index in [-0.39, 0.29) is 23.4 Å². The number of methoxy groups -OCH3 is 2. The van der Waals surface area contributed by atoms with E-state index < -0.39 is 23.9 Å². The van der Waals surface area contributed by atoms with Crippen molar-refractivity contribution in [2.75, 3.05) is 40.4 Å². The van der Waals surface area contributed by atoms with Crippen molar-refractivity contribution in [3.8, 4) is 11.5 Å². The number of hydrogen-bond donors (Lipinski definition) is 1. The number of amides is 2. The highest BCUT2D eigenvalue weighted by atomic mass is 32.1. The van der Waals surface area contributed by atoms with Gasteiger partial charge >= 0.3 is 0 Å². The Morgan fingerprint density at radius 1 is 0.891 bits per heavy atom. The number of Topliss-reactive ketones (excluding diaryl/α,β-unsaturated/α-hetero) is 1. The van der Waals surface area contributed by atoms with Crippen LogP contribution in [0.15, 0.2) is 70.5 Å². The second kappa shape index (κ2) is 13.1. The molecule has 4 atom stereocenters. The lowest BCUT2D eigenvalue weighted by Gasteiger charge is -2.36. The summed E-state index contributed by atoms with van der Waals surface area (Å²) < 4.78 is 16.9. The van der Waals surface area contributed by atoms with Crippen LogP contribution in [-0.2, 0) is 4.79 Å². The van der Waals surface area contributed by atoms with Crippen LogP contribution in [0.3, 0.4) is 0 Å². The fourth-order valence-corrected chi connectivity index (χ4v) is 7.93. The third-order valence-electron chi connectivity index (χ3n) is 9.12. The number of thiophene rings is 1. The second-order valence-corrected chi connectivity index (χ2v) is 12.9. The van der Waals surface area contributed by atoms with Crippen molar-refractivity contribution in [1.29, 1.82) is 0 Å². The number of ketones is 1. The maximum absolute atomic E-state index is 15.0. The molecular formula is C36H39N3O6S. The van der Waals surface area contributed by atoms with Gasteiger partial charge in [0.25, 0.3) is 5.91 Å². The van der Waals surface area contributed by atoms with Crippen molar-refractivity contribution in [2.45, 2.75) is 38.8 Å². The quantitative estimate of drug-likeness (QED) is 0.251. The number of benzene rings is 2. The molecule has 9 nitrogen and oxygen atoms in total. The molecule has 0 aliphatic carbocycles. The summed E-state index contributed by atoms with van der Waals surface area (Å²) in [6.07, 6.45) is 0. The lowest BCUT2D eigenvalue weighted by atomic mass is 9.78. The fraction of sp³-hybridized carbons (Fsp3) is 0.361. The summed E-state index contributed by atoms with van der Waals surface area (Å²) in [7, 11) is 3.05. The first kappa shape index (κ1) is 31.6. The molecule has 1 N–H and O–H groups in total. The van der Waals surface area contributed by atoms with E-state index in [0.29, 0.717) is 49.0 Å². The highest BCUT2D eigenvalue weighted by Gasteiger charge is 2.59. The van der Waals surface area contributed by atoms with Crippen LogP contribution in [0, 0.1) is 26.7 Å². The smallest absolute Gasteiger partial charge is 0.255 e. The summed E-state index contributed by atoms with van der Waals surface area (Å²) in [4.78, 5) is 49.0. The van der Waals surface area contributed by atoms with E-state index in [1.54, 1.807) is 42.2 Å². The summed E-state index contributed by atoms with van der Waals surface area (Å²) in [5, 5.41) is 5.30. The van der Waals surface area contributed by atoms with Gasteiger partial charge in [0.2, 0.25) is 11.7 Å². The molecule has 4 aromatic rings. The first-order valence-corrected chi connectivity index (χ1v) is 16.4. The predicted octanol–water partition coefficient (Wildman–Crippen LogP) is 5.56. The molecule has 2 aromatic carbocycles. The topological polar surface area (TPSA) is 101 Å². The van der Waals surface area contributed by atoms with Gasteiger partial charge in [-0.1, -0.05) is 29.8 Å². The number of hydrogen-bond acceptors (Lipinski definition) is 8. The summed E-state index contributed by atoms with van der Waals surface area (Å²) >= 11 is 1.52. The van der Waals surface area contributed by atoms with E-state index >= 15 is 0 Å². The van der Waals surface area contributed by atoms with Gasteiger partial charge in [-0.2, -0.15) is 0 Å². The van der Waals surface area contributed by atoms with Crippen molar-refractivity contribution < 1.29 is 28.3 Å². The molecule has 0 radical (unpaired) electrons. The SMILES string of the molecule is COc1ccc(C(=O)N2C(C(=O)N3CCNCC3)C(c3sccc3C)C(C(=O)c3ccc(C)o3)C2c2ccc(C)cc2)cc1OC. The zero-order chi connectivity index (χ0) is 32.5. The summed E-state index contributed by atoms with van der Waals surface area (Å²) in [5.41, 5.74) is 3.13. The molecule has 240 valence electrons. The molecule has 2 saturated heterocycles. The van der Waals surface area contributed by atoms with Crippen LogP contribution in [0.2, 0.25) is 0 Å². The number of nitrogens with one attached hydrogen (secondary N) is 1. The fourth-order valence-electron chi connectivity index (χ4n) is 6.83. The first-order chi connectivity index (χ1) is 22.2. The molecule has 4 unspecified atom stereocenters. The normalized spacial score (nSPS) is 21.3. The molecule has 10 heteroatoms. The standard InChI is InChI=1S/C36H39N3O6S/c1-21-6-9-24(10-7-21)31-29(33(40)27-12-8-23(3)45-27)30(34-22(2)14-19-46-34)32(36(42)38-17-15-37-16-18-38)39(31)35(41)25-11-13-26(43-4)28(20-25)44-5/h6-14,19-20,29-32,37H,15-18H2,1-5H3. The van der Waals surface area contributed by atoms with E-state index in [1.165, 1.54) is 25.6 Å². The van der Waals surface area contributed by atoms with E-state index in [4.69, 9.17) is 13.9 Å². The van der Waals surface area contributed by atoms with Crippen LogP contribution in [-0.4, -0.2) is 73.8 Å². The molecule has 0 saturated carbocycles. The maximum atomic E-state index is 15.0. The van der Waals surface area contributed by atoms with Crippen LogP contribution in [0.5, 0.6) is 11.5 Å². The number of carbonyl (C=O) groups is 3. The molecule has 2 aliphatic heterocycles. The third-order valence-corrected chi connectivity index (χ3v) is 10.2. The Morgan fingerprint density at radius 2 is 1.61 bits per heavy atom. The molecule has 46 heavy (non-hydrogen) atoms. The van der Waals surface area contributed by atoms with E-state index in [9.17, 15) is 14.4 Å². The highest BCUT2D eigenvalue weighted by Crippen LogP contribution is 2.54. The highest BCUT2D eigenvalue weighted by molar-refractivity contribution is 7.10. The van der Waals surface area contributed by atoms with Gasteiger partial charge in [-0.15, -0.1) is 11.3 Å². The summed E-state index contributed by atoms with van der Waals surface area (Å²) in [5.74, 6) is -0.483. The third kappa shape index (κ3) is 5.71. The van der Waals surface area contributed by atoms with Crippen molar-refractivity contribution in [2.24, 2.45) is 5.92 Å². The second-order valence-electron chi connectivity index (χ2n) is 12.0. The monoisotopic (exact) mass is 641 g/mol. The molecule has 2 aromatic heterocycles. The average Bonchev–Trinajstić information content (AvgIpc) is 3.80. The molecule has 2 fully saturated rings. The number of likely N-dealkylation sites (tertiary alicyclic amines) is 1. The first-order valence-electron chi connectivity index (χ1n) is 15.5. The van der Waals surface area contributed by atoms with E-state index in [1.807, 2.05) is 54.5 Å². The van der Waals surface area contributed by atoms with Gasteiger partial charge in [-0.3, -0.25) is 14.4 Å². The van der Waals surface area contributed by atoms with Crippen LogP contribution in [0.1, 0.15) is 60.2 Å². The maximum Gasteiger partial charge on any atom is 0.255 e. The molecule has 0 spiro atoms. The largest absolute Gasteiger partial charge is 0.493 e. The van der Waals surface area contributed by atoms with Crippen molar-refractivity contribution in [3.05, 3.63) is 105 Å². The van der Waals surface area contributed by atoms with Gasteiger partial charge in [-0.25, -0.2) is 0 Å². The minimum atomic E-state index is -0.952. The predicted molar refractivity (Wildman–Crippen MR) is 176 cm³/mol. The Hall–Kier alpha value is -4.41. The Morgan fingerprint density at radius 3 is 2.22 bits per heavy atom. The molecule has 2 amide bonds. The summed E-state index contributed by atoms with van der Waals surface area (Å²) in [6, 6.07) is 16.6. The zero-order valence-corrected chi connectivity index (χ0v) is 27.6. The Labute approximate surface area is 273 Å². The molecule has 0 bridgehead atoms. The number of rotatable bonds is 8. The van der Waals surface area contributed by atoms with Gasteiger partial charge in [0, 0.05) is 42.5 Å². The van der Waals surface area contributed by atoms with Gasteiger partial charge in [0.15, 0.2) is 17.3 Å².